The summed E-state index contributed by atoms with van der Waals surface area (Å²) >= 11 is 0. The molecule has 2 atom stereocenters. The molecular formula is C25H39N3O5. The van der Waals surface area contributed by atoms with Gasteiger partial charge in [0.15, 0.2) is 11.5 Å². The van der Waals surface area contributed by atoms with Crippen molar-refractivity contribution < 1.29 is 24.1 Å². The van der Waals surface area contributed by atoms with Crippen LogP contribution in [-0.4, -0.2) is 99.2 Å². The van der Waals surface area contributed by atoms with Gasteiger partial charge in [0.05, 0.1) is 38.1 Å². The number of aryl methyl sites for hydroxylation is 1. The Morgan fingerprint density at radius 1 is 1.06 bits per heavy atom. The van der Waals surface area contributed by atoms with Gasteiger partial charge in [-0.3, -0.25) is 9.69 Å². The van der Waals surface area contributed by atoms with Crippen molar-refractivity contribution in [2.75, 3.05) is 72.2 Å². The molecule has 0 saturated carbocycles. The van der Waals surface area contributed by atoms with Crippen molar-refractivity contribution in [3.05, 3.63) is 23.3 Å². The van der Waals surface area contributed by atoms with Crippen LogP contribution >= 0.6 is 0 Å². The standard InChI is InChI=1S/C25H39N3O5/c1-19-15-21(24-23(16-19)32-11-4-12-33-24)25(30)26-17-20-5-8-28(18-22(20)29)7-3-2-6-27-9-13-31-14-10-27/h15-16,20,22,29H,2-14,17-18H2,1H3,(H,26,30). The molecule has 0 radical (unpaired) electrons. The molecule has 4 rings (SSSR count). The Morgan fingerprint density at radius 2 is 1.82 bits per heavy atom. The van der Waals surface area contributed by atoms with Crippen molar-refractivity contribution in [1.29, 1.82) is 0 Å². The van der Waals surface area contributed by atoms with Crippen LogP contribution in [0.1, 0.15) is 41.6 Å². The number of unbranched alkanes of at least 4 members (excludes halogenated alkanes) is 1. The number of aliphatic hydroxyl groups is 1. The number of amides is 1. The number of fused-ring (bicyclic) bond motifs is 1. The number of β-amino-alcohol motifs (C(OH)–C–C–N with tert-alkyl or cyclic N) is 1. The second-order valence-corrected chi connectivity index (χ2v) is 9.48. The van der Waals surface area contributed by atoms with Gasteiger partial charge in [0.1, 0.15) is 0 Å². The van der Waals surface area contributed by atoms with Gasteiger partial charge in [-0.25, -0.2) is 0 Å². The average molecular weight is 462 g/mol. The van der Waals surface area contributed by atoms with Crippen LogP contribution in [0.4, 0.5) is 0 Å². The van der Waals surface area contributed by atoms with E-state index in [0.717, 1.165) is 70.8 Å². The minimum atomic E-state index is -0.424. The Kier molecular flexibility index (Phi) is 8.83. The molecule has 3 aliphatic rings. The minimum absolute atomic E-state index is 0.0686. The van der Waals surface area contributed by atoms with Crippen LogP contribution < -0.4 is 14.8 Å². The molecule has 0 aromatic heterocycles. The van der Waals surface area contributed by atoms with E-state index in [1.165, 1.54) is 6.42 Å². The number of hydrogen-bond donors (Lipinski definition) is 2. The number of carbonyl (C=O) groups is 1. The number of piperidine rings is 1. The molecule has 2 saturated heterocycles. The third-order valence-electron chi connectivity index (χ3n) is 6.87. The van der Waals surface area contributed by atoms with Gasteiger partial charge in [0, 0.05) is 38.5 Å². The summed E-state index contributed by atoms with van der Waals surface area (Å²) in [6, 6.07) is 3.76. The monoisotopic (exact) mass is 461 g/mol. The summed E-state index contributed by atoms with van der Waals surface area (Å²) in [6.45, 7) is 11.1. The fraction of sp³-hybridized carbons (Fsp3) is 0.720. The molecule has 1 aromatic rings. The first-order valence-corrected chi connectivity index (χ1v) is 12.5. The lowest BCUT2D eigenvalue weighted by atomic mass is 9.93. The summed E-state index contributed by atoms with van der Waals surface area (Å²) in [6.07, 6.45) is 3.58. The smallest absolute Gasteiger partial charge is 0.255 e. The first-order valence-electron chi connectivity index (χ1n) is 12.5. The number of nitrogens with zero attached hydrogens (tertiary/aromatic N) is 2. The molecule has 8 heteroatoms. The van der Waals surface area contributed by atoms with Crippen molar-refractivity contribution in [3.8, 4) is 11.5 Å². The lowest BCUT2D eigenvalue weighted by Crippen LogP contribution is -2.48. The Morgan fingerprint density at radius 3 is 2.61 bits per heavy atom. The van der Waals surface area contributed by atoms with Gasteiger partial charge in [-0.1, -0.05) is 0 Å². The zero-order valence-electron chi connectivity index (χ0n) is 19.9. The summed E-state index contributed by atoms with van der Waals surface area (Å²) in [7, 11) is 0. The van der Waals surface area contributed by atoms with E-state index in [-0.39, 0.29) is 11.8 Å². The van der Waals surface area contributed by atoms with Crippen LogP contribution in [0.3, 0.4) is 0 Å². The maximum Gasteiger partial charge on any atom is 0.255 e. The largest absolute Gasteiger partial charge is 0.490 e. The van der Waals surface area contributed by atoms with Crippen molar-refractivity contribution in [1.82, 2.24) is 15.1 Å². The highest BCUT2D eigenvalue weighted by Crippen LogP contribution is 2.34. The van der Waals surface area contributed by atoms with E-state index in [4.69, 9.17) is 14.2 Å². The summed E-state index contributed by atoms with van der Waals surface area (Å²) in [5.41, 5.74) is 1.48. The molecular weight excluding hydrogens is 422 g/mol. The predicted octanol–water partition coefficient (Wildman–Crippen LogP) is 1.68. The predicted molar refractivity (Wildman–Crippen MR) is 126 cm³/mol. The number of aliphatic hydroxyl groups excluding tert-OH is 1. The third-order valence-corrected chi connectivity index (χ3v) is 6.87. The molecule has 184 valence electrons. The fourth-order valence-corrected chi connectivity index (χ4v) is 4.88. The second-order valence-electron chi connectivity index (χ2n) is 9.48. The summed E-state index contributed by atoms with van der Waals surface area (Å²) in [5.74, 6) is 1.07. The molecule has 1 aromatic carbocycles. The molecule has 3 heterocycles. The quantitative estimate of drug-likeness (QED) is 0.570. The molecule has 2 fully saturated rings. The molecule has 0 spiro atoms. The highest BCUT2D eigenvalue weighted by atomic mass is 16.5. The Labute approximate surface area is 197 Å². The first-order chi connectivity index (χ1) is 16.1. The maximum atomic E-state index is 12.9. The normalized spacial score (nSPS) is 24.3. The Balaban J connectivity index is 1.20. The molecule has 33 heavy (non-hydrogen) atoms. The number of carbonyl (C=O) groups excluding carboxylic acids is 1. The van der Waals surface area contributed by atoms with E-state index in [1.54, 1.807) is 0 Å². The van der Waals surface area contributed by atoms with Gasteiger partial charge < -0.3 is 29.5 Å². The van der Waals surface area contributed by atoms with Crippen molar-refractivity contribution in [3.63, 3.8) is 0 Å². The van der Waals surface area contributed by atoms with Crippen molar-refractivity contribution in [2.45, 2.75) is 38.7 Å². The zero-order valence-corrected chi connectivity index (χ0v) is 19.9. The topological polar surface area (TPSA) is 83.5 Å². The number of benzene rings is 1. The van der Waals surface area contributed by atoms with E-state index in [1.807, 2.05) is 19.1 Å². The molecule has 8 nitrogen and oxygen atoms in total. The van der Waals surface area contributed by atoms with Crippen LogP contribution in [-0.2, 0) is 4.74 Å². The molecule has 3 aliphatic heterocycles. The van der Waals surface area contributed by atoms with Gasteiger partial charge >= 0.3 is 0 Å². The van der Waals surface area contributed by atoms with Crippen LogP contribution in [0, 0.1) is 12.8 Å². The third kappa shape index (κ3) is 6.82. The Hall–Kier alpha value is -1.87. The first kappa shape index (κ1) is 24.3. The summed E-state index contributed by atoms with van der Waals surface area (Å²) in [5, 5.41) is 13.7. The second kappa shape index (κ2) is 12.0. The summed E-state index contributed by atoms with van der Waals surface area (Å²) in [4.78, 5) is 17.8. The van der Waals surface area contributed by atoms with E-state index >= 15 is 0 Å². The Bertz CT molecular complexity index is 784. The highest BCUT2D eigenvalue weighted by molar-refractivity contribution is 5.98. The number of nitrogens with one attached hydrogen (secondary N) is 1. The summed E-state index contributed by atoms with van der Waals surface area (Å²) < 4.78 is 17.0. The van der Waals surface area contributed by atoms with Crippen LogP contribution in [0.2, 0.25) is 0 Å². The zero-order chi connectivity index (χ0) is 23.0. The fourth-order valence-electron chi connectivity index (χ4n) is 4.88. The van der Waals surface area contributed by atoms with Crippen molar-refractivity contribution in [2.24, 2.45) is 5.92 Å². The lowest BCUT2D eigenvalue weighted by molar-refractivity contribution is 0.0196. The van der Waals surface area contributed by atoms with Gasteiger partial charge in [-0.15, -0.1) is 0 Å². The number of likely N-dealkylation sites (tertiary alicyclic amines) is 1. The number of hydrogen-bond acceptors (Lipinski definition) is 7. The molecule has 1 amide bonds. The van der Waals surface area contributed by atoms with Crippen molar-refractivity contribution >= 4 is 5.91 Å². The number of rotatable bonds is 8. The van der Waals surface area contributed by atoms with Gasteiger partial charge in [-0.2, -0.15) is 0 Å². The van der Waals surface area contributed by atoms with E-state index in [0.29, 0.717) is 43.4 Å². The van der Waals surface area contributed by atoms with Gasteiger partial charge in [0.2, 0.25) is 0 Å². The number of morpholine rings is 1. The molecule has 0 bridgehead atoms. The van der Waals surface area contributed by atoms with Crippen LogP contribution in [0.25, 0.3) is 0 Å². The van der Waals surface area contributed by atoms with E-state index in [9.17, 15) is 9.90 Å². The molecule has 0 aliphatic carbocycles. The van der Waals surface area contributed by atoms with E-state index < -0.39 is 6.10 Å². The van der Waals surface area contributed by atoms with Gasteiger partial charge in [0.25, 0.3) is 5.91 Å². The highest BCUT2D eigenvalue weighted by Gasteiger charge is 2.28. The SMILES string of the molecule is Cc1cc2c(c(C(=O)NCC3CCN(CCCCN4CCOCC4)CC3O)c1)OCCCO2. The lowest BCUT2D eigenvalue weighted by Gasteiger charge is -2.36. The average Bonchev–Trinajstić information content (AvgIpc) is 3.06. The van der Waals surface area contributed by atoms with Crippen LogP contribution in [0.15, 0.2) is 12.1 Å². The molecule has 2 N–H and O–H groups in total. The number of ether oxygens (including phenoxy) is 3. The van der Waals surface area contributed by atoms with E-state index in [2.05, 4.69) is 15.1 Å². The van der Waals surface area contributed by atoms with Crippen LogP contribution in [0.5, 0.6) is 11.5 Å². The van der Waals surface area contributed by atoms with Gasteiger partial charge in [-0.05, 0) is 63.5 Å². The molecule has 2 unspecified atom stereocenters. The maximum absolute atomic E-state index is 12.9. The minimum Gasteiger partial charge on any atom is -0.490 e.